The van der Waals surface area contributed by atoms with E-state index in [9.17, 15) is 4.79 Å². The van der Waals surface area contributed by atoms with Gasteiger partial charge in [0.25, 0.3) is 0 Å². The molecule has 0 atom stereocenters. The van der Waals surface area contributed by atoms with Gasteiger partial charge in [0.1, 0.15) is 5.69 Å². The Balaban J connectivity index is 1.90. The van der Waals surface area contributed by atoms with Crippen molar-refractivity contribution in [3.8, 4) is 11.3 Å². The van der Waals surface area contributed by atoms with Crippen LogP contribution in [0.2, 0.25) is 0 Å². The first kappa shape index (κ1) is 18.9. The number of methoxy groups -OCH3 is 1. The van der Waals surface area contributed by atoms with Crippen molar-refractivity contribution in [2.75, 3.05) is 36.5 Å². The van der Waals surface area contributed by atoms with Gasteiger partial charge in [0.2, 0.25) is 0 Å². The normalized spacial score (nSPS) is 12.8. The fraction of sp³-hybridized carbons (Fsp3) is 0.286. The van der Waals surface area contributed by atoms with Crippen LogP contribution >= 0.6 is 0 Å². The summed E-state index contributed by atoms with van der Waals surface area (Å²) in [6.45, 7) is 4.20. The Morgan fingerprint density at radius 2 is 1.93 bits per heavy atom. The van der Waals surface area contributed by atoms with E-state index in [1.165, 1.54) is 7.11 Å². The summed E-state index contributed by atoms with van der Waals surface area (Å²) in [5, 5.41) is 1.92. The Labute approximate surface area is 169 Å². The first-order chi connectivity index (χ1) is 13.9. The molecule has 0 saturated carbocycles. The summed E-state index contributed by atoms with van der Waals surface area (Å²) in [6.07, 6.45) is 0. The monoisotopic (exact) mass is 392 g/mol. The number of aromatic nitrogens is 2. The Bertz CT molecular complexity index is 1100. The van der Waals surface area contributed by atoms with E-state index in [2.05, 4.69) is 35.8 Å². The molecule has 0 bridgehead atoms. The molecule has 0 fully saturated rings. The number of esters is 1. The third-order valence-corrected chi connectivity index (χ3v) is 5.17. The lowest BCUT2D eigenvalue weighted by atomic mass is 10.1. The lowest BCUT2D eigenvalue weighted by Crippen LogP contribution is -2.31. The second-order valence-corrected chi connectivity index (χ2v) is 7.32. The van der Waals surface area contributed by atoms with Gasteiger partial charge in [0.15, 0.2) is 5.82 Å². The number of carbonyl (C=O) groups excluding carboxylic acids is 1. The van der Waals surface area contributed by atoms with E-state index >= 15 is 0 Å². The fourth-order valence-corrected chi connectivity index (χ4v) is 3.25. The van der Waals surface area contributed by atoms with Crippen molar-refractivity contribution in [3.05, 3.63) is 42.0 Å². The van der Waals surface area contributed by atoms with Crippen molar-refractivity contribution in [2.24, 2.45) is 0 Å². The highest BCUT2D eigenvalue weighted by molar-refractivity contribution is 5.94. The number of hydrogen-bond acceptors (Lipinski definition) is 8. The molecule has 0 spiro atoms. The van der Waals surface area contributed by atoms with Crippen LogP contribution in [-0.4, -0.2) is 43.2 Å². The zero-order valence-electron chi connectivity index (χ0n) is 17.1. The number of hydrogen-bond donors (Lipinski definition) is 2. The summed E-state index contributed by atoms with van der Waals surface area (Å²) >= 11 is 0. The third kappa shape index (κ3) is 3.31. The van der Waals surface area contributed by atoms with Crippen LogP contribution in [0, 0.1) is 0 Å². The molecule has 2 N–H and O–H groups in total. The van der Waals surface area contributed by atoms with E-state index in [-0.39, 0.29) is 6.04 Å². The molecule has 1 aromatic heterocycles. The Morgan fingerprint density at radius 3 is 2.66 bits per heavy atom. The number of fused-ring (bicyclic) bond motifs is 2. The molecule has 1 aliphatic heterocycles. The van der Waals surface area contributed by atoms with Crippen LogP contribution in [0.15, 0.2) is 36.4 Å². The van der Waals surface area contributed by atoms with Gasteiger partial charge in [-0.1, -0.05) is 6.07 Å². The highest BCUT2D eigenvalue weighted by Gasteiger charge is 2.21. The van der Waals surface area contributed by atoms with E-state index in [0.29, 0.717) is 11.1 Å². The average molecular weight is 392 g/mol. The zero-order valence-corrected chi connectivity index (χ0v) is 17.1. The number of ether oxygens (including phenoxy) is 1. The van der Waals surface area contributed by atoms with E-state index in [4.69, 9.17) is 14.7 Å². The summed E-state index contributed by atoms with van der Waals surface area (Å²) in [5.74, 6) is 0.367. The molecule has 0 unspecified atom stereocenters. The number of carbonyl (C=O) groups is 1. The quantitative estimate of drug-likeness (QED) is 0.655. The molecule has 8 nitrogen and oxygen atoms in total. The minimum atomic E-state index is -0.391. The van der Waals surface area contributed by atoms with Crippen molar-refractivity contribution in [3.63, 3.8) is 0 Å². The van der Waals surface area contributed by atoms with Gasteiger partial charge in [-0.15, -0.1) is 5.53 Å². The maximum atomic E-state index is 11.9. The van der Waals surface area contributed by atoms with Gasteiger partial charge in [-0.3, -0.25) is 5.01 Å². The topological polar surface area (TPSA) is 82.6 Å². The lowest BCUT2D eigenvalue weighted by molar-refractivity contribution is 0.0601. The smallest absolute Gasteiger partial charge is 0.337 e. The van der Waals surface area contributed by atoms with Gasteiger partial charge in [-0.2, -0.15) is 0 Å². The number of benzene rings is 2. The SMILES string of the molecule is COC(=O)c1ccc2nc(-c3ccc4c(c3)NNN4C)c(N(C)C(C)C)nc2c1. The van der Waals surface area contributed by atoms with E-state index in [1.807, 2.05) is 31.2 Å². The number of rotatable bonds is 4. The molecule has 0 amide bonds. The van der Waals surface area contributed by atoms with Crippen LogP contribution < -0.4 is 20.9 Å². The standard InChI is InChI=1S/C21H24N6O2/c1-12(2)26(3)20-19(13-7-9-18-17(10-13)24-25-27(18)4)22-15-8-6-14(21(28)29-5)11-16(15)23-20/h6-12,24-25H,1-5H3. The molecule has 2 heterocycles. The van der Waals surface area contributed by atoms with Crippen molar-refractivity contribution < 1.29 is 9.53 Å². The predicted octanol–water partition coefficient (Wildman–Crippen LogP) is 3.21. The molecule has 8 heteroatoms. The fourth-order valence-electron chi connectivity index (χ4n) is 3.25. The van der Waals surface area contributed by atoms with Crippen LogP contribution in [0.4, 0.5) is 17.2 Å². The van der Waals surface area contributed by atoms with Gasteiger partial charge in [0, 0.05) is 25.7 Å². The summed E-state index contributed by atoms with van der Waals surface area (Å²) < 4.78 is 4.83. The zero-order chi connectivity index (χ0) is 20.7. The molecule has 2 aromatic carbocycles. The number of nitrogens with zero attached hydrogens (tertiary/aromatic N) is 4. The summed E-state index contributed by atoms with van der Waals surface area (Å²) in [5.41, 5.74) is 11.8. The molecule has 3 aromatic rings. The molecule has 1 aliphatic rings. The second-order valence-electron chi connectivity index (χ2n) is 7.32. The van der Waals surface area contributed by atoms with Crippen LogP contribution in [0.3, 0.4) is 0 Å². The first-order valence-electron chi connectivity index (χ1n) is 9.42. The highest BCUT2D eigenvalue weighted by atomic mass is 16.5. The van der Waals surface area contributed by atoms with Gasteiger partial charge < -0.3 is 15.1 Å². The second kappa shape index (κ2) is 7.21. The van der Waals surface area contributed by atoms with Crippen LogP contribution in [0.5, 0.6) is 0 Å². The molecule has 0 saturated heterocycles. The Morgan fingerprint density at radius 1 is 1.14 bits per heavy atom. The van der Waals surface area contributed by atoms with E-state index < -0.39 is 5.97 Å². The minimum absolute atomic E-state index is 0.227. The summed E-state index contributed by atoms with van der Waals surface area (Å²) in [6, 6.07) is 11.6. The maximum absolute atomic E-state index is 11.9. The van der Waals surface area contributed by atoms with E-state index in [0.717, 1.165) is 34.0 Å². The predicted molar refractivity (Wildman–Crippen MR) is 115 cm³/mol. The number of anilines is 3. The third-order valence-electron chi connectivity index (χ3n) is 5.17. The van der Waals surface area contributed by atoms with Crippen LogP contribution in [0.1, 0.15) is 24.2 Å². The summed E-state index contributed by atoms with van der Waals surface area (Å²) in [4.78, 5) is 23.8. The molecule has 4 rings (SSSR count). The number of nitrogens with one attached hydrogen (secondary N) is 2. The lowest BCUT2D eigenvalue weighted by Gasteiger charge is -2.25. The van der Waals surface area contributed by atoms with Gasteiger partial charge >= 0.3 is 5.97 Å². The Hall–Kier alpha value is -3.39. The molecule has 150 valence electrons. The van der Waals surface area contributed by atoms with Crippen molar-refractivity contribution in [2.45, 2.75) is 19.9 Å². The minimum Gasteiger partial charge on any atom is -0.465 e. The molecule has 0 aliphatic carbocycles. The van der Waals surface area contributed by atoms with Crippen LogP contribution in [-0.2, 0) is 4.74 Å². The van der Waals surface area contributed by atoms with Crippen molar-refractivity contribution in [1.29, 1.82) is 0 Å². The van der Waals surface area contributed by atoms with Gasteiger partial charge in [-0.25, -0.2) is 14.8 Å². The molecular formula is C21H24N6O2. The molecule has 0 radical (unpaired) electrons. The largest absolute Gasteiger partial charge is 0.465 e. The number of hydrazine groups is 2. The average Bonchev–Trinajstić information content (AvgIpc) is 3.11. The highest BCUT2D eigenvalue weighted by Crippen LogP contribution is 2.36. The van der Waals surface area contributed by atoms with Gasteiger partial charge in [-0.05, 0) is 44.2 Å². The van der Waals surface area contributed by atoms with Crippen molar-refractivity contribution in [1.82, 2.24) is 15.5 Å². The van der Waals surface area contributed by atoms with Crippen LogP contribution in [0.25, 0.3) is 22.3 Å². The Kier molecular flexibility index (Phi) is 4.71. The maximum Gasteiger partial charge on any atom is 0.337 e. The van der Waals surface area contributed by atoms with Gasteiger partial charge in [0.05, 0.1) is 35.1 Å². The first-order valence-corrected chi connectivity index (χ1v) is 9.42. The molecule has 29 heavy (non-hydrogen) atoms. The summed E-state index contributed by atoms with van der Waals surface area (Å²) in [7, 11) is 5.31. The molecular weight excluding hydrogens is 368 g/mol. The van der Waals surface area contributed by atoms with Crippen molar-refractivity contribution >= 4 is 34.2 Å². The van der Waals surface area contributed by atoms with E-state index in [1.54, 1.807) is 18.2 Å².